The number of ether oxygens (including phenoxy) is 1. The van der Waals surface area contributed by atoms with E-state index in [1.165, 1.54) is 0 Å². The van der Waals surface area contributed by atoms with Gasteiger partial charge in [-0.3, -0.25) is 0 Å². The maximum atomic E-state index is 13.4. The average molecular weight is 216 g/mol. The van der Waals surface area contributed by atoms with Crippen molar-refractivity contribution in [1.29, 1.82) is 0 Å². The summed E-state index contributed by atoms with van der Waals surface area (Å²) < 4.78 is 18.6. The number of methoxy groups -OCH3 is 1. The lowest BCUT2D eigenvalue weighted by atomic mass is 9.77. The number of hydrogen-bond donors (Lipinski definition) is 0. The summed E-state index contributed by atoms with van der Waals surface area (Å²) in [6.07, 6.45) is 3.30. The van der Waals surface area contributed by atoms with Crippen LogP contribution in [0.1, 0.15) is 40.0 Å². The van der Waals surface area contributed by atoms with Gasteiger partial charge in [0.05, 0.1) is 6.61 Å². The standard InChI is InChI=1S/C13H25FO/c1-6-11(3)8-13(4,10-15-5)9-12(14)7-2/h6,11-12H,1,7-10H2,2-5H3/t11-,12-,13+/m1/s1. The van der Waals surface area contributed by atoms with Crippen molar-refractivity contribution >= 4 is 0 Å². The van der Waals surface area contributed by atoms with Gasteiger partial charge in [0.15, 0.2) is 0 Å². The molecule has 0 aliphatic carbocycles. The van der Waals surface area contributed by atoms with Crippen LogP contribution < -0.4 is 0 Å². The SMILES string of the molecule is C=C[C@@H](C)C[C@](C)(COC)C[C@H](F)CC. The van der Waals surface area contributed by atoms with Crippen molar-refractivity contribution in [2.75, 3.05) is 13.7 Å². The Balaban J connectivity index is 4.35. The van der Waals surface area contributed by atoms with Crippen LogP contribution in [0.3, 0.4) is 0 Å². The van der Waals surface area contributed by atoms with Crippen LogP contribution in [0.25, 0.3) is 0 Å². The lowest BCUT2D eigenvalue weighted by molar-refractivity contribution is 0.0504. The minimum Gasteiger partial charge on any atom is -0.384 e. The van der Waals surface area contributed by atoms with Crippen molar-refractivity contribution < 1.29 is 9.13 Å². The molecule has 2 heteroatoms. The van der Waals surface area contributed by atoms with Gasteiger partial charge in [0.2, 0.25) is 0 Å². The summed E-state index contributed by atoms with van der Waals surface area (Å²) in [6, 6.07) is 0. The van der Waals surface area contributed by atoms with Crippen molar-refractivity contribution in [3.8, 4) is 0 Å². The lowest BCUT2D eigenvalue weighted by Gasteiger charge is -2.32. The van der Waals surface area contributed by atoms with Gasteiger partial charge in [-0.1, -0.05) is 26.8 Å². The summed E-state index contributed by atoms with van der Waals surface area (Å²) in [6.45, 7) is 10.5. The fourth-order valence-electron chi connectivity index (χ4n) is 2.09. The second kappa shape index (κ2) is 7.00. The van der Waals surface area contributed by atoms with Crippen molar-refractivity contribution in [3.63, 3.8) is 0 Å². The van der Waals surface area contributed by atoms with E-state index in [-0.39, 0.29) is 5.41 Å². The largest absolute Gasteiger partial charge is 0.384 e. The molecule has 0 aliphatic heterocycles. The van der Waals surface area contributed by atoms with Crippen LogP contribution in [-0.2, 0) is 4.74 Å². The molecule has 0 N–H and O–H groups in total. The molecule has 0 aromatic carbocycles. The van der Waals surface area contributed by atoms with Crippen LogP contribution >= 0.6 is 0 Å². The Hall–Kier alpha value is -0.370. The van der Waals surface area contributed by atoms with Gasteiger partial charge in [0, 0.05) is 7.11 Å². The highest BCUT2D eigenvalue weighted by Gasteiger charge is 2.29. The van der Waals surface area contributed by atoms with E-state index < -0.39 is 6.17 Å². The summed E-state index contributed by atoms with van der Waals surface area (Å²) in [5, 5.41) is 0. The van der Waals surface area contributed by atoms with Gasteiger partial charge in [0.25, 0.3) is 0 Å². The van der Waals surface area contributed by atoms with Gasteiger partial charge in [0.1, 0.15) is 6.17 Å². The monoisotopic (exact) mass is 216 g/mol. The van der Waals surface area contributed by atoms with E-state index in [9.17, 15) is 4.39 Å². The van der Waals surface area contributed by atoms with Crippen molar-refractivity contribution in [1.82, 2.24) is 0 Å². The zero-order valence-electron chi connectivity index (χ0n) is 10.6. The van der Waals surface area contributed by atoms with E-state index in [1.54, 1.807) is 7.11 Å². The van der Waals surface area contributed by atoms with Crippen LogP contribution in [-0.4, -0.2) is 19.9 Å². The smallest absolute Gasteiger partial charge is 0.100 e. The minimum atomic E-state index is -0.720. The second-order valence-corrected chi connectivity index (χ2v) is 4.87. The molecule has 0 heterocycles. The quantitative estimate of drug-likeness (QED) is 0.557. The zero-order valence-corrected chi connectivity index (χ0v) is 10.6. The van der Waals surface area contributed by atoms with Gasteiger partial charge in [-0.2, -0.15) is 0 Å². The first-order valence-corrected chi connectivity index (χ1v) is 5.73. The molecular weight excluding hydrogens is 191 g/mol. The molecule has 0 radical (unpaired) electrons. The fourth-order valence-corrected chi connectivity index (χ4v) is 2.09. The third-order valence-electron chi connectivity index (χ3n) is 2.87. The molecule has 0 aromatic heterocycles. The highest BCUT2D eigenvalue weighted by Crippen LogP contribution is 2.33. The third kappa shape index (κ3) is 5.93. The first-order chi connectivity index (χ1) is 6.97. The predicted octanol–water partition coefficient (Wildman–Crippen LogP) is 3.99. The second-order valence-electron chi connectivity index (χ2n) is 4.87. The highest BCUT2D eigenvalue weighted by molar-refractivity contribution is 4.85. The minimum absolute atomic E-state index is 0.0716. The maximum absolute atomic E-state index is 13.4. The Labute approximate surface area is 93.7 Å². The number of hydrogen-bond acceptors (Lipinski definition) is 1. The molecule has 0 unspecified atom stereocenters. The maximum Gasteiger partial charge on any atom is 0.100 e. The molecule has 0 aromatic rings. The topological polar surface area (TPSA) is 9.23 Å². The van der Waals surface area contributed by atoms with E-state index in [1.807, 2.05) is 13.0 Å². The Bertz CT molecular complexity index is 181. The number of alkyl halides is 1. The molecule has 0 rings (SSSR count). The van der Waals surface area contributed by atoms with Gasteiger partial charge in [-0.25, -0.2) is 4.39 Å². The molecule has 0 saturated carbocycles. The van der Waals surface area contributed by atoms with Crippen LogP contribution in [0.4, 0.5) is 4.39 Å². The summed E-state index contributed by atoms with van der Waals surface area (Å²) >= 11 is 0. The third-order valence-corrected chi connectivity index (χ3v) is 2.87. The van der Waals surface area contributed by atoms with Crippen LogP contribution in [0, 0.1) is 11.3 Å². The fraction of sp³-hybridized carbons (Fsp3) is 0.846. The van der Waals surface area contributed by atoms with E-state index in [4.69, 9.17) is 4.74 Å². The molecule has 0 fully saturated rings. The van der Waals surface area contributed by atoms with E-state index >= 15 is 0 Å². The van der Waals surface area contributed by atoms with E-state index in [0.717, 1.165) is 6.42 Å². The Morgan fingerprint density at radius 3 is 2.47 bits per heavy atom. The molecule has 0 bridgehead atoms. The lowest BCUT2D eigenvalue weighted by Crippen LogP contribution is -2.28. The van der Waals surface area contributed by atoms with E-state index in [0.29, 0.717) is 25.4 Å². The summed E-state index contributed by atoms with van der Waals surface area (Å²) in [5.41, 5.74) is -0.0716. The van der Waals surface area contributed by atoms with E-state index in [2.05, 4.69) is 20.4 Å². The number of rotatable bonds is 8. The molecule has 1 nitrogen and oxygen atoms in total. The molecular formula is C13H25FO. The van der Waals surface area contributed by atoms with Gasteiger partial charge in [-0.05, 0) is 30.6 Å². The van der Waals surface area contributed by atoms with Gasteiger partial charge in [-0.15, -0.1) is 6.58 Å². The zero-order chi connectivity index (χ0) is 11.9. The van der Waals surface area contributed by atoms with Crippen molar-refractivity contribution in [3.05, 3.63) is 12.7 Å². The molecule has 0 spiro atoms. The predicted molar refractivity (Wildman–Crippen MR) is 63.8 cm³/mol. The van der Waals surface area contributed by atoms with Crippen LogP contribution in [0.5, 0.6) is 0 Å². The summed E-state index contributed by atoms with van der Waals surface area (Å²) in [7, 11) is 1.68. The Morgan fingerprint density at radius 2 is 2.07 bits per heavy atom. The number of allylic oxidation sites excluding steroid dienone is 1. The van der Waals surface area contributed by atoms with Gasteiger partial charge >= 0.3 is 0 Å². The first-order valence-electron chi connectivity index (χ1n) is 5.73. The average Bonchev–Trinajstić information content (AvgIpc) is 2.17. The summed E-state index contributed by atoms with van der Waals surface area (Å²) in [5.74, 6) is 0.411. The molecule has 15 heavy (non-hydrogen) atoms. The normalized spacial score (nSPS) is 19.3. The number of halogens is 1. The Morgan fingerprint density at radius 1 is 1.47 bits per heavy atom. The van der Waals surface area contributed by atoms with Crippen molar-refractivity contribution in [2.24, 2.45) is 11.3 Å². The molecule has 90 valence electrons. The molecule has 0 amide bonds. The molecule has 0 aliphatic rings. The van der Waals surface area contributed by atoms with Gasteiger partial charge < -0.3 is 4.74 Å². The Kier molecular flexibility index (Phi) is 6.82. The summed E-state index contributed by atoms with van der Waals surface area (Å²) in [4.78, 5) is 0. The molecule has 3 atom stereocenters. The van der Waals surface area contributed by atoms with Crippen molar-refractivity contribution in [2.45, 2.75) is 46.2 Å². The van der Waals surface area contributed by atoms with Crippen LogP contribution in [0.2, 0.25) is 0 Å². The highest BCUT2D eigenvalue weighted by atomic mass is 19.1. The van der Waals surface area contributed by atoms with Crippen LogP contribution in [0.15, 0.2) is 12.7 Å². The first kappa shape index (κ1) is 14.6. The molecule has 0 saturated heterocycles.